The molecule has 0 saturated heterocycles. The third kappa shape index (κ3) is 10.9. The van der Waals surface area contributed by atoms with Gasteiger partial charge in [-0.2, -0.15) is 12.7 Å². The van der Waals surface area contributed by atoms with Crippen LogP contribution in [-0.2, 0) is 30.4 Å². The fourth-order valence-corrected chi connectivity index (χ4v) is 4.77. The molecule has 0 aliphatic heterocycles. The van der Waals surface area contributed by atoms with Crippen molar-refractivity contribution < 1.29 is 98.3 Å². The number of nitrogens with one attached hydrogen (secondary N) is 3. The minimum atomic E-state index is -5.09. The summed E-state index contributed by atoms with van der Waals surface area (Å²) in [5.41, 5.74) is -0.523. The van der Waals surface area contributed by atoms with Crippen molar-refractivity contribution in [1.29, 1.82) is 0 Å². The smallest absolute Gasteiger partial charge is 0.744 e. The van der Waals surface area contributed by atoms with Crippen molar-refractivity contribution in [2.24, 2.45) is 0 Å². The summed E-state index contributed by atoms with van der Waals surface area (Å²) in [6, 6.07) is 5.77. The minimum Gasteiger partial charge on any atom is -0.744 e. The molecule has 0 saturated carbocycles. The van der Waals surface area contributed by atoms with E-state index in [-0.39, 0.29) is 87.7 Å². The first-order valence-electron chi connectivity index (χ1n) is 10.1. The number of carbonyl (C=O) groups is 1. The van der Waals surface area contributed by atoms with Crippen LogP contribution in [0, 0.1) is 0 Å². The molecule has 0 aliphatic rings. The Morgan fingerprint density at radius 1 is 0.816 bits per heavy atom. The molecule has 0 spiro atoms. The molecule has 0 atom stereocenters. The number of rotatable bonds is 9. The van der Waals surface area contributed by atoms with Crippen LogP contribution in [0.15, 0.2) is 46.2 Å². The second kappa shape index (κ2) is 14.6. The number of benzene rings is 2. The number of carbonyl (C=O) groups excluding carboxylic acids is 1. The van der Waals surface area contributed by atoms with E-state index in [9.17, 15) is 39.2 Å². The van der Waals surface area contributed by atoms with E-state index in [1.807, 2.05) is 0 Å². The molecular weight excluding hydrogens is 582 g/mol. The van der Waals surface area contributed by atoms with Gasteiger partial charge in [0, 0.05) is 25.8 Å². The maximum atomic E-state index is 12.0. The van der Waals surface area contributed by atoms with Crippen LogP contribution in [0.5, 0.6) is 0 Å². The van der Waals surface area contributed by atoms with Crippen molar-refractivity contribution in [1.82, 2.24) is 9.62 Å². The summed E-state index contributed by atoms with van der Waals surface area (Å²) in [4.78, 5) is 10.4. The molecule has 0 radical (unpaired) electrons. The summed E-state index contributed by atoms with van der Waals surface area (Å²) < 4.78 is 97.7. The van der Waals surface area contributed by atoms with Crippen LogP contribution in [0.4, 0.5) is 16.2 Å². The molecule has 198 valence electrons. The molecule has 2 rings (SSSR count). The number of nitrogens with zero attached hydrogens (tertiary/aromatic N) is 1. The Labute approximate surface area is 266 Å². The van der Waals surface area contributed by atoms with Gasteiger partial charge in [-0.15, -0.1) is 0 Å². The second-order valence-electron chi connectivity index (χ2n) is 7.89. The Balaban J connectivity index is 0.00000684. The molecule has 0 heterocycles. The number of amides is 2. The van der Waals surface area contributed by atoms with E-state index in [0.717, 1.165) is 34.7 Å². The molecule has 0 bridgehead atoms. The molecule has 0 aromatic heterocycles. The van der Waals surface area contributed by atoms with Crippen LogP contribution in [0.1, 0.15) is 25.0 Å². The molecular formula is C20H24N4Na2O9S3. The zero-order valence-electron chi connectivity index (χ0n) is 21.5. The van der Waals surface area contributed by atoms with E-state index < -0.39 is 46.3 Å². The van der Waals surface area contributed by atoms with E-state index >= 15 is 0 Å². The SMILES string of the molecule is CC(C)NC(=O)Nc1ccc(/C=C/c2ccc(NS(=O)(=O)N(C)C)cc2S(=O)(=O)[O-])c(S(=O)(=O)[O-])c1.[Na+].[Na+]. The summed E-state index contributed by atoms with van der Waals surface area (Å²) in [6.07, 6.45) is 2.17. The van der Waals surface area contributed by atoms with E-state index in [0.29, 0.717) is 0 Å². The van der Waals surface area contributed by atoms with Crippen LogP contribution in [0.25, 0.3) is 12.2 Å². The third-order valence-corrected chi connectivity index (χ3v) is 7.65. The fraction of sp³-hybridized carbons (Fsp3) is 0.250. The Kier molecular flexibility index (Phi) is 14.2. The van der Waals surface area contributed by atoms with Gasteiger partial charge in [-0.3, -0.25) is 4.72 Å². The Morgan fingerprint density at radius 2 is 1.24 bits per heavy atom. The van der Waals surface area contributed by atoms with E-state index in [1.54, 1.807) is 13.8 Å². The zero-order chi connectivity index (χ0) is 27.5. The quantitative estimate of drug-likeness (QED) is 0.143. The van der Waals surface area contributed by atoms with Gasteiger partial charge in [-0.1, -0.05) is 24.3 Å². The maximum Gasteiger partial charge on any atom is 1.00 e. The topological polar surface area (TPSA) is 205 Å². The summed E-state index contributed by atoms with van der Waals surface area (Å²) >= 11 is 0. The molecule has 18 heteroatoms. The van der Waals surface area contributed by atoms with Crippen molar-refractivity contribution in [2.45, 2.75) is 29.7 Å². The largest absolute Gasteiger partial charge is 1.00 e. The summed E-state index contributed by atoms with van der Waals surface area (Å²) in [5, 5.41) is 4.92. The molecule has 2 amide bonds. The fourth-order valence-electron chi connectivity index (χ4n) is 2.77. The summed E-state index contributed by atoms with van der Waals surface area (Å²) in [7, 11) is -11.6. The molecule has 3 N–H and O–H groups in total. The van der Waals surface area contributed by atoms with Crippen LogP contribution in [0.3, 0.4) is 0 Å². The predicted octanol–water partition coefficient (Wildman–Crippen LogP) is -4.58. The van der Waals surface area contributed by atoms with Gasteiger partial charge in [-0.25, -0.2) is 21.6 Å². The van der Waals surface area contributed by atoms with Crippen LogP contribution >= 0.6 is 0 Å². The Hall–Kier alpha value is -1.02. The zero-order valence-corrected chi connectivity index (χ0v) is 28.0. The monoisotopic (exact) mass is 606 g/mol. The van der Waals surface area contributed by atoms with Crippen LogP contribution < -0.4 is 74.5 Å². The van der Waals surface area contributed by atoms with E-state index in [4.69, 9.17) is 0 Å². The first-order chi connectivity index (χ1) is 16.4. The first kappa shape index (κ1) is 37.0. The van der Waals surface area contributed by atoms with Gasteiger partial charge >= 0.3 is 75.4 Å². The second-order valence-corrected chi connectivity index (χ2v) is 12.5. The molecule has 13 nitrogen and oxygen atoms in total. The van der Waals surface area contributed by atoms with Crippen molar-refractivity contribution in [3.8, 4) is 0 Å². The van der Waals surface area contributed by atoms with Gasteiger partial charge < -0.3 is 19.7 Å². The van der Waals surface area contributed by atoms with Crippen LogP contribution in [-0.4, -0.2) is 64.8 Å². The molecule has 38 heavy (non-hydrogen) atoms. The van der Waals surface area contributed by atoms with Crippen molar-refractivity contribution >= 4 is 60.0 Å². The minimum absolute atomic E-state index is 0. The van der Waals surface area contributed by atoms with E-state index in [1.165, 1.54) is 32.3 Å². The van der Waals surface area contributed by atoms with Gasteiger partial charge in [0.2, 0.25) is 0 Å². The van der Waals surface area contributed by atoms with Crippen LogP contribution in [0.2, 0.25) is 0 Å². The molecule has 2 aromatic carbocycles. The summed E-state index contributed by atoms with van der Waals surface area (Å²) in [6.45, 7) is 3.42. The average Bonchev–Trinajstić information content (AvgIpc) is 2.71. The normalized spacial score (nSPS) is 12.1. The number of hydrogen-bond donors (Lipinski definition) is 3. The van der Waals surface area contributed by atoms with Gasteiger partial charge in [0.05, 0.1) is 15.5 Å². The Bertz CT molecular complexity index is 1510. The summed E-state index contributed by atoms with van der Waals surface area (Å²) in [5.74, 6) is 0. The van der Waals surface area contributed by atoms with Gasteiger partial charge in [0.1, 0.15) is 20.2 Å². The molecule has 0 aliphatic carbocycles. The molecule has 0 fully saturated rings. The maximum absolute atomic E-state index is 12.0. The predicted molar refractivity (Wildman–Crippen MR) is 131 cm³/mol. The number of urea groups is 1. The van der Waals surface area contributed by atoms with Crippen molar-refractivity contribution in [2.75, 3.05) is 24.1 Å². The molecule has 0 unspecified atom stereocenters. The van der Waals surface area contributed by atoms with Crippen molar-refractivity contribution in [3.63, 3.8) is 0 Å². The number of hydrogen-bond acceptors (Lipinski definition) is 9. The van der Waals surface area contributed by atoms with Gasteiger partial charge in [-0.05, 0) is 49.2 Å². The van der Waals surface area contributed by atoms with Gasteiger partial charge in [0.25, 0.3) is 0 Å². The first-order valence-corrected chi connectivity index (χ1v) is 14.3. The van der Waals surface area contributed by atoms with Gasteiger partial charge in [0.15, 0.2) is 0 Å². The number of anilines is 2. The van der Waals surface area contributed by atoms with Crippen molar-refractivity contribution in [3.05, 3.63) is 47.5 Å². The third-order valence-electron chi connectivity index (χ3n) is 4.41. The standard InChI is InChI=1S/C20H26N4O9S3.2Na/c1-13(2)21-20(25)22-16-9-7-14(18(11-16)34(26,27)28)5-6-15-8-10-17(12-19(15)35(29,30)31)23-36(32,33)24(3)4;;/h5-13,23H,1-4H3,(H2,21,22,25)(H,26,27,28)(H,29,30,31);;/q;2*+1/p-2/b6-5+;;. The average molecular weight is 607 g/mol. The van der Waals surface area contributed by atoms with E-state index in [2.05, 4.69) is 15.4 Å². The molecule has 2 aromatic rings. The Morgan fingerprint density at radius 3 is 1.63 bits per heavy atom.